The number of amides is 3. The van der Waals surface area contributed by atoms with Crippen molar-refractivity contribution in [1.29, 1.82) is 0 Å². The van der Waals surface area contributed by atoms with E-state index >= 15 is 0 Å². The van der Waals surface area contributed by atoms with Gasteiger partial charge in [-0.1, -0.05) is 31.4 Å². The van der Waals surface area contributed by atoms with E-state index in [0.717, 1.165) is 37.8 Å². The summed E-state index contributed by atoms with van der Waals surface area (Å²) in [7, 11) is 1.68. The second-order valence-electron chi connectivity index (χ2n) is 7.08. The van der Waals surface area contributed by atoms with E-state index < -0.39 is 29.7 Å². The highest BCUT2D eigenvalue weighted by atomic mass is 19.4. The predicted molar refractivity (Wildman–Crippen MR) is 95.9 cm³/mol. The van der Waals surface area contributed by atoms with Gasteiger partial charge in [0.25, 0.3) is 0 Å². The molecule has 150 valence electrons. The number of urea groups is 1. The Morgan fingerprint density at radius 3 is 2.30 bits per heavy atom. The van der Waals surface area contributed by atoms with Gasteiger partial charge in [-0.3, -0.25) is 15.0 Å². The van der Waals surface area contributed by atoms with Gasteiger partial charge in [-0.25, -0.2) is 4.79 Å². The van der Waals surface area contributed by atoms with Crippen LogP contribution in [0.2, 0.25) is 0 Å². The van der Waals surface area contributed by atoms with E-state index in [1.807, 2.05) is 0 Å². The molecule has 0 aromatic heterocycles. The highest BCUT2D eigenvalue weighted by molar-refractivity contribution is 5.96. The highest BCUT2D eigenvalue weighted by Gasteiger charge is 2.30. The van der Waals surface area contributed by atoms with Crippen LogP contribution in [0.4, 0.5) is 18.0 Å². The molecule has 5 nitrogen and oxygen atoms in total. The Labute approximate surface area is 157 Å². The maximum Gasteiger partial charge on any atom is 0.416 e. The minimum absolute atomic E-state index is 0.103. The molecule has 1 aliphatic rings. The summed E-state index contributed by atoms with van der Waals surface area (Å²) >= 11 is 0. The maximum atomic E-state index is 12.6. The summed E-state index contributed by atoms with van der Waals surface area (Å²) in [5.74, 6) is -0.447. The average Bonchev–Trinajstić information content (AvgIpc) is 2.61. The quantitative estimate of drug-likeness (QED) is 0.813. The minimum atomic E-state index is -4.37. The molecule has 0 bridgehead atoms. The molecule has 0 saturated heterocycles. The standard InChI is InChI=1S/C19H26F3N3O2/c1-13(17(26)24-18(27)23-16-6-4-3-5-7-16)25(2)12-14-8-10-15(11-9-14)19(20,21)22/h8-11,13,16H,3-7,12H2,1-2H3,(H2,23,24,26,27). The van der Waals surface area contributed by atoms with Crippen LogP contribution in [0.25, 0.3) is 0 Å². The number of hydrogen-bond donors (Lipinski definition) is 2. The summed E-state index contributed by atoms with van der Waals surface area (Å²) in [6.45, 7) is 1.93. The molecule has 0 spiro atoms. The zero-order valence-corrected chi connectivity index (χ0v) is 15.6. The van der Waals surface area contributed by atoms with Gasteiger partial charge in [-0.2, -0.15) is 13.2 Å². The Bertz CT molecular complexity index is 641. The summed E-state index contributed by atoms with van der Waals surface area (Å²) in [6, 6.07) is 3.81. The summed E-state index contributed by atoms with van der Waals surface area (Å²) in [4.78, 5) is 25.9. The third kappa shape index (κ3) is 6.53. The Kier molecular flexibility index (Phi) is 7.24. The highest BCUT2D eigenvalue weighted by Crippen LogP contribution is 2.29. The van der Waals surface area contributed by atoms with E-state index in [4.69, 9.17) is 0 Å². The van der Waals surface area contributed by atoms with Crippen molar-refractivity contribution in [3.8, 4) is 0 Å². The zero-order chi connectivity index (χ0) is 20.0. The van der Waals surface area contributed by atoms with Gasteiger partial charge in [0.05, 0.1) is 11.6 Å². The molecule has 2 N–H and O–H groups in total. The van der Waals surface area contributed by atoms with E-state index in [-0.39, 0.29) is 12.6 Å². The molecular weight excluding hydrogens is 359 g/mol. The molecule has 1 aliphatic carbocycles. The van der Waals surface area contributed by atoms with Crippen molar-refractivity contribution in [2.75, 3.05) is 7.05 Å². The normalized spacial score (nSPS) is 16.8. The molecule has 1 aromatic carbocycles. The van der Waals surface area contributed by atoms with Crippen LogP contribution in [0.5, 0.6) is 0 Å². The van der Waals surface area contributed by atoms with Crippen molar-refractivity contribution < 1.29 is 22.8 Å². The number of rotatable bonds is 5. The van der Waals surface area contributed by atoms with Gasteiger partial charge in [0.1, 0.15) is 0 Å². The van der Waals surface area contributed by atoms with Gasteiger partial charge < -0.3 is 5.32 Å². The number of halogens is 3. The minimum Gasteiger partial charge on any atom is -0.335 e. The lowest BCUT2D eigenvalue weighted by Crippen LogP contribution is -2.50. The third-order valence-electron chi connectivity index (χ3n) is 4.93. The second-order valence-corrected chi connectivity index (χ2v) is 7.08. The number of likely N-dealkylation sites (N-methyl/N-ethyl adjacent to an activating group) is 1. The lowest BCUT2D eigenvalue weighted by molar-refractivity contribution is -0.137. The first-order valence-corrected chi connectivity index (χ1v) is 9.14. The van der Waals surface area contributed by atoms with E-state index in [0.29, 0.717) is 5.56 Å². The fourth-order valence-electron chi connectivity index (χ4n) is 3.11. The summed E-state index contributed by atoms with van der Waals surface area (Å²) in [5.41, 5.74) is -0.0594. The number of alkyl halides is 3. The lowest BCUT2D eigenvalue weighted by atomic mass is 9.96. The van der Waals surface area contributed by atoms with Crippen LogP contribution in [-0.4, -0.2) is 36.0 Å². The zero-order valence-electron chi connectivity index (χ0n) is 15.6. The second kappa shape index (κ2) is 9.21. The fourth-order valence-corrected chi connectivity index (χ4v) is 3.11. The molecule has 3 amide bonds. The molecule has 1 unspecified atom stereocenters. The smallest absolute Gasteiger partial charge is 0.335 e. The van der Waals surface area contributed by atoms with Crippen molar-refractivity contribution in [1.82, 2.24) is 15.5 Å². The van der Waals surface area contributed by atoms with Crippen molar-refractivity contribution in [3.63, 3.8) is 0 Å². The largest absolute Gasteiger partial charge is 0.416 e. The van der Waals surface area contributed by atoms with Gasteiger partial charge in [-0.05, 0) is 44.5 Å². The van der Waals surface area contributed by atoms with Crippen molar-refractivity contribution >= 4 is 11.9 Å². The van der Waals surface area contributed by atoms with Gasteiger partial charge in [0, 0.05) is 12.6 Å². The van der Waals surface area contributed by atoms with E-state index in [2.05, 4.69) is 10.6 Å². The Hall–Kier alpha value is -2.09. The first kappa shape index (κ1) is 21.2. The molecule has 27 heavy (non-hydrogen) atoms. The molecule has 0 radical (unpaired) electrons. The SMILES string of the molecule is CC(C(=O)NC(=O)NC1CCCCC1)N(C)Cc1ccc(C(F)(F)F)cc1. The first-order chi connectivity index (χ1) is 12.7. The Morgan fingerprint density at radius 1 is 1.15 bits per heavy atom. The molecule has 0 aliphatic heterocycles. The van der Waals surface area contributed by atoms with E-state index in [1.165, 1.54) is 18.6 Å². The van der Waals surface area contributed by atoms with Crippen LogP contribution in [-0.2, 0) is 17.5 Å². The van der Waals surface area contributed by atoms with Crippen LogP contribution in [0, 0.1) is 0 Å². The Morgan fingerprint density at radius 2 is 1.74 bits per heavy atom. The predicted octanol–water partition coefficient (Wildman–Crippen LogP) is 3.68. The Balaban J connectivity index is 1.83. The van der Waals surface area contributed by atoms with Gasteiger partial charge in [-0.15, -0.1) is 0 Å². The van der Waals surface area contributed by atoms with Crippen LogP contribution in [0.3, 0.4) is 0 Å². The molecule has 0 heterocycles. The molecule has 2 rings (SSSR count). The topological polar surface area (TPSA) is 61.4 Å². The van der Waals surface area contributed by atoms with Crippen LogP contribution >= 0.6 is 0 Å². The van der Waals surface area contributed by atoms with Gasteiger partial charge in [0.15, 0.2) is 0 Å². The number of nitrogens with one attached hydrogen (secondary N) is 2. The monoisotopic (exact) mass is 385 g/mol. The number of carbonyl (C=O) groups excluding carboxylic acids is 2. The van der Waals surface area contributed by atoms with Crippen LogP contribution in [0.1, 0.15) is 50.2 Å². The molecule has 1 fully saturated rings. The number of benzene rings is 1. The molecular formula is C19H26F3N3O2. The molecule has 8 heteroatoms. The molecule has 1 atom stereocenters. The van der Waals surface area contributed by atoms with E-state index in [1.54, 1.807) is 18.9 Å². The van der Waals surface area contributed by atoms with Crippen molar-refractivity contribution in [2.45, 2.75) is 63.8 Å². The summed E-state index contributed by atoms with van der Waals surface area (Å²) in [6.07, 6.45) is 0.792. The number of hydrogen-bond acceptors (Lipinski definition) is 3. The van der Waals surface area contributed by atoms with Gasteiger partial charge >= 0.3 is 12.2 Å². The molecule has 1 saturated carbocycles. The average molecular weight is 385 g/mol. The lowest BCUT2D eigenvalue weighted by Gasteiger charge is -2.25. The van der Waals surface area contributed by atoms with Crippen molar-refractivity contribution in [2.24, 2.45) is 0 Å². The number of nitrogens with zero attached hydrogens (tertiary/aromatic N) is 1. The number of carbonyl (C=O) groups is 2. The molecule has 1 aromatic rings. The third-order valence-corrected chi connectivity index (χ3v) is 4.93. The summed E-state index contributed by atoms with van der Waals surface area (Å²) in [5, 5.41) is 5.16. The van der Waals surface area contributed by atoms with Crippen LogP contribution in [0.15, 0.2) is 24.3 Å². The van der Waals surface area contributed by atoms with Crippen molar-refractivity contribution in [3.05, 3.63) is 35.4 Å². The fraction of sp³-hybridized carbons (Fsp3) is 0.579. The maximum absolute atomic E-state index is 12.6. The first-order valence-electron chi connectivity index (χ1n) is 9.14. The summed E-state index contributed by atoms with van der Waals surface area (Å²) < 4.78 is 37.8. The van der Waals surface area contributed by atoms with E-state index in [9.17, 15) is 22.8 Å². The van der Waals surface area contributed by atoms with Gasteiger partial charge in [0.2, 0.25) is 5.91 Å². The van der Waals surface area contributed by atoms with Crippen LogP contribution < -0.4 is 10.6 Å². The number of imide groups is 1.